The molecule has 5 rings (SSSR count). The first-order chi connectivity index (χ1) is 17.4. The highest BCUT2D eigenvalue weighted by Crippen LogP contribution is 2.34. The summed E-state index contributed by atoms with van der Waals surface area (Å²) in [7, 11) is 0. The molecule has 35 heavy (non-hydrogen) atoms. The molecule has 13 heteroatoms. The highest BCUT2D eigenvalue weighted by molar-refractivity contribution is 7.99. The predicted octanol–water partition coefficient (Wildman–Crippen LogP) is 3.71. The van der Waals surface area contributed by atoms with Crippen LogP contribution < -0.4 is 20.1 Å². The standard InChI is InChI=1S/C22H19F5N4O3S/c23-16-3-12(4-17(24)20(16)34-15-5-13(7-28-8-15)22(25,26)27)10-33-18-6-19-30-1-2-35-11-14(30)9-31(19)21(32)29-18/h3-8,14H,1-2,9-11,35H2/i35D2. The van der Waals surface area contributed by atoms with Gasteiger partial charge in [0.05, 0.1) is 26.6 Å². The number of rotatable bonds is 5. The van der Waals surface area contributed by atoms with Crippen molar-refractivity contribution < 1.29 is 31.4 Å². The van der Waals surface area contributed by atoms with E-state index in [1.807, 2.05) is 4.90 Å². The fraction of sp³-hybridized carbons (Fsp3) is 0.318. The molecule has 1 fully saturated rings. The Balaban J connectivity index is 1.31. The molecule has 4 heterocycles. The Kier molecular flexibility index (Phi) is 5.41. The molecule has 186 valence electrons. The van der Waals surface area contributed by atoms with E-state index < -0.39 is 52.1 Å². The number of benzene rings is 1. The van der Waals surface area contributed by atoms with Gasteiger partial charge in [0.15, 0.2) is 17.4 Å². The maximum atomic E-state index is 14.6. The molecule has 0 aliphatic carbocycles. The number of hydrogen-bond acceptors (Lipinski definition) is 6. The molecule has 2 aliphatic heterocycles. The maximum absolute atomic E-state index is 14.6. The number of hydrogen-bond donors (Lipinski definition) is 0. The minimum atomic E-state index is -4.71. The molecule has 0 N–H and O–H groups in total. The second kappa shape index (κ2) is 9.02. The third-order valence-electron chi connectivity index (χ3n) is 5.59. The van der Waals surface area contributed by atoms with E-state index in [1.165, 1.54) is 10.6 Å². The van der Waals surface area contributed by atoms with E-state index in [-0.39, 0.29) is 24.1 Å². The summed E-state index contributed by atoms with van der Waals surface area (Å²) in [4.78, 5) is 21.7. The van der Waals surface area contributed by atoms with Crippen LogP contribution in [-0.2, 0) is 19.3 Å². The van der Waals surface area contributed by atoms with Crippen LogP contribution in [0.3, 0.4) is 0 Å². The lowest BCUT2D eigenvalue weighted by atomic mass is 10.2. The Labute approximate surface area is 201 Å². The lowest BCUT2D eigenvalue weighted by Gasteiger charge is -2.31. The van der Waals surface area contributed by atoms with E-state index in [0.29, 0.717) is 42.7 Å². The third kappa shape index (κ3) is 4.77. The van der Waals surface area contributed by atoms with Crippen LogP contribution in [0.5, 0.6) is 17.4 Å². The highest BCUT2D eigenvalue weighted by atomic mass is 32.2. The lowest BCUT2D eigenvalue weighted by molar-refractivity contribution is -0.137. The molecule has 7 nitrogen and oxygen atoms in total. The van der Waals surface area contributed by atoms with Crippen molar-refractivity contribution in [2.24, 2.45) is 0 Å². The zero-order chi connectivity index (χ0) is 26.5. The first-order valence-corrected chi connectivity index (χ1v) is 11.6. The van der Waals surface area contributed by atoms with Crippen LogP contribution in [0, 0.1) is 11.6 Å². The zero-order valence-electron chi connectivity index (χ0n) is 19.9. The second-order valence-electron chi connectivity index (χ2n) is 7.95. The van der Waals surface area contributed by atoms with Gasteiger partial charge in [-0.15, -0.1) is 0 Å². The fourth-order valence-corrected chi connectivity index (χ4v) is 5.02. The molecule has 1 unspecified atom stereocenters. The summed E-state index contributed by atoms with van der Waals surface area (Å²) in [5.41, 5.74) is -1.68. The van der Waals surface area contributed by atoms with Gasteiger partial charge in [-0.3, -0.25) is 21.1 Å². The Morgan fingerprint density at radius 2 is 1.94 bits per heavy atom. The molecule has 2 aromatic heterocycles. The number of anilines is 1. The van der Waals surface area contributed by atoms with E-state index in [0.717, 1.165) is 18.3 Å². The third-order valence-corrected chi connectivity index (χ3v) is 6.68. The van der Waals surface area contributed by atoms with Crippen molar-refractivity contribution in [3.63, 3.8) is 0 Å². The monoisotopic (exact) mass is 516 g/mol. The van der Waals surface area contributed by atoms with Gasteiger partial charge in [0, 0.05) is 18.8 Å². The van der Waals surface area contributed by atoms with Crippen LogP contribution >= 0.6 is 11.6 Å². The van der Waals surface area contributed by atoms with Gasteiger partial charge in [-0.05, 0) is 35.3 Å². The minimum absolute atomic E-state index is 0.0274. The number of nitrogens with zero attached hydrogens (tertiary/aromatic N) is 4. The SMILES string of the molecule is [2H]S1([2H])CCN2c3cc(OCc4cc(F)c(Oc5cncc(C(F)(F)F)c5)c(F)c4)nc(=O)n3CC2C1. The Bertz CT molecular complexity index is 1400. The smallest absolute Gasteiger partial charge is 0.418 e. The summed E-state index contributed by atoms with van der Waals surface area (Å²) in [6.45, 7) is 0.424. The normalized spacial score (nSPS) is 20.4. The van der Waals surface area contributed by atoms with E-state index in [1.54, 1.807) is 0 Å². The fourth-order valence-electron chi connectivity index (χ4n) is 3.97. The Morgan fingerprint density at radius 3 is 2.69 bits per heavy atom. The molecular weight excluding hydrogens is 495 g/mol. The van der Waals surface area contributed by atoms with Crippen LogP contribution in [0.15, 0.2) is 41.5 Å². The summed E-state index contributed by atoms with van der Waals surface area (Å²) in [5.74, 6) is -2.52. The van der Waals surface area contributed by atoms with E-state index in [2.05, 4.69) is 9.97 Å². The van der Waals surface area contributed by atoms with Gasteiger partial charge in [-0.25, -0.2) is 13.6 Å². The molecule has 1 aromatic carbocycles. The first-order valence-electron chi connectivity index (χ1n) is 11.3. The molecule has 0 spiro atoms. The summed E-state index contributed by atoms with van der Waals surface area (Å²) in [5, 5.41) is 0. The van der Waals surface area contributed by atoms with Crippen LogP contribution in [-0.4, -0.2) is 40.9 Å². The highest BCUT2D eigenvalue weighted by Gasteiger charge is 2.33. The van der Waals surface area contributed by atoms with Gasteiger partial charge in [0.1, 0.15) is 18.2 Å². The Morgan fingerprint density at radius 1 is 1.17 bits per heavy atom. The van der Waals surface area contributed by atoms with Crippen molar-refractivity contribution in [1.82, 2.24) is 14.5 Å². The van der Waals surface area contributed by atoms with Crippen molar-refractivity contribution >= 4 is 17.4 Å². The largest absolute Gasteiger partial charge is 0.473 e. The van der Waals surface area contributed by atoms with Crippen LogP contribution in [0.1, 0.15) is 11.1 Å². The summed E-state index contributed by atoms with van der Waals surface area (Å²) in [6, 6.07) is 3.74. The van der Waals surface area contributed by atoms with Gasteiger partial charge in [0.25, 0.3) is 0 Å². The zero-order valence-corrected chi connectivity index (χ0v) is 18.7. The van der Waals surface area contributed by atoms with Crippen molar-refractivity contribution in [2.75, 3.05) is 23.0 Å². The molecule has 1 atom stereocenters. The number of halogens is 5. The molecule has 0 saturated carbocycles. The average Bonchev–Trinajstić information content (AvgIpc) is 3.16. The molecule has 0 bridgehead atoms. The predicted molar refractivity (Wildman–Crippen MR) is 120 cm³/mol. The van der Waals surface area contributed by atoms with Crippen molar-refractivity contribution in [3.05, 3.63) is 69.9 Å². The average molecular weight is 516 g/mol. The molecule has 3 aromatic rings. The van der Waals surface area contributed by atoms with Crippen LogP contribution in [0.2, 0.25) is 0 Å². The van der Waals surface area contributed by atoms with Crippen LogP contribution in [0.25, 0.3) is 0 Å². The van der Waals surface area contributed by atoms with E-state index >= 15 is 0 Å². The lowest BCUT2D eigenvalue weighted by Crippen LogP contribution is -2.39. The van der Waals surface area contributed by atoms with Gasteiger partial charge in [-0.2, -0.15) is 18.2 Å². The van der Waals surface area contributed by atoms with Crippen molar-refractivity contribution in [3.8, 4) is 17.4 Å². The number of fused-ring (bicyclic) bond motifs is 3. The Hall–Kier alpha value is -3.35. The minimum Gasteiger partial charge on any atom is -0.473 e. The maximum Gasteiger partial charge on any atom is 0.418 e. The number of pyridine rings is 1. The molecule has 2 aliphatic rings. The number of aromatic nitrogens is 3. The summed E-state index contributed by atoms with van der Waals surface area (Å²) < 4.78 is 95.8. The molecule has 1 saturated heterocycles. The van der Waals surface area contributed by atoms with Gasteiger partial charge in [-0.1, -0.05) is 0 Å². The van der Waals surface area contributed by atoms with Crippen LogP contribution in [0.4, 0.5) is 27.8 Å². The summed E-state index contributed by atoms with van der Waals surface area (Å²) >= 11 is -2.21. The second-order valence-corrected chi connectivity index (χ2v) is 9.10. The number of alkyl halides is 3. The number of ether oxygens (including phenoxy) is 2. The van der Waals surface area contributed by atoms with E-state index in [9.17, 15) is 26.7 Å². The molecular formula is C22H19F5N4O3S. The quantitative estimate of drug-likeness (QED) is 0.482. The first kappa shape index (κ1) is 21.0. The van der Waals surface area contributed by atoms with Gasteiger partial charge < -0.3 is 14.4 Å². The summed E-state index contributed by atoms with van der Waals surface area (Å²) in [6.07, 6.45) is -3.25. The van der Waals surface area contributed by atoms with Crippen molar-refractivity contribution in [1.29, 1.82) is 2.25 Å². The van der Waals surface area contributed by atoms with Gasteiger partial charge in [0.2, 0.25) is 5.88 Å². The topological polar surface area (TPSA) is 69.5 Å². The van der Waals surface area contributed by atoms with E-state index in [4.69, 9.17) is 11.7 Å². The van der Waals surface area contributed by atoms with Gasteiger partial charge >= 0.3 is 11.9 Å². The molecule has 0 amide bonds. The van der Waals surface area contributed by atoms with Crippen molar-refractivity contribution in [2.45, 2.75) is 25.4 Å². The molecule has 0 radical (unpaired) electrons.